The lowest BCUT2D eigenvalue weighted by atomic mass is 10.1. The fraction of sp³-hybridized carbons (Fsp3) is 0.333. The Labute approximate surface area is 104 Å². The lowest BCUT2D eigenvalue weighted by molar-refractivity contribution is -0.129. The molecule has 0 bridgehead atoms. The van der Waals surface area contributed by atoms with Crippen molar-refractivity contribution in [3.05, 3.63) is 29.6 Å². The van der Waals surface area contributed by atoms with Gasteiger partial charge in [0.05, 0.1) is 0 Å². The highest BCUT2D eigenvalue weighted by atomic mass is 19.1. The van der Waals surface area contributed by atoms with Crippen LogP contribution in [0.25, 0.3) is 0 Å². The molecule has 0 radical (unpaired) electrons. The SMILES string of the molecule is CN(C)C(=O)CN1C(=O)C(N)c2cc(F)ccc21. The van der Waals surface area contributed by atoms with E-state index in [0.717, 1.165) is 0 Å². The topological polar surface area (TPSA) is 66.6 Å². The number of likely N-dealkylation sites (N-methyl/N-ethyl adjacent to an activating group) is 1. The fourth-order valence-electron chi connectivity index (χ4n) is 1.88. The summed E-state index contributed by atoms with van der Waals surface area (Å²) in [6.45, 7) is -0.0852. The van der Waals surface area contributed by atoms with Crippen LogP contribution in [0, 0.1) is 5.82 Å². The standard InChI is InChI=1S/C12H14FN3O2/c1-15(2)10(17)6-16-9-4-3-7(13)5-8(9)11(14)12(16)18/h3-5,11H,6,14H2,1-2H3. The second-order valence-electron chi connectivity index (χ2n) is 4.39. The zero-order valence-electron chi connectivity index (χ0n) is 10.2. The highest BCUT2D eigenvalue weighted by Crippen LogP contribution is 2.34. The quantitative estimate of drug-likeness (QED) is 0.820. The molecule has 0 spiro atoms. The van der Waals surface area contributed by atoms with Crippen molar-refractivity contribution in [1.29, 1.82) is 0 Å². The first kappa shape index (κ1) is 12.5. The van der Waals surface area contributed by atoms with E-state index in [2.05, 4.69) is 0 Å². The Hall–Kier alpha value is -1.95. The third kappa shape index (κ3) is 1.95. The maximum atomic E-state index is 13.1. The molecule has 5 nitrogen and oxygen atoms in total. The first-order valence-corrected chi connectivity index (χ1v) is 5.48. The number of benzene rings is 1. The molecule has 0 aliphatic carbocycles. The molecule has 1 aliphatic rings. The van der Waals surface area contributed by atoms with Gasteiger partial charge in [0.15, 0.2) is 0 Å². The number of rotatable bonds is 2. The van der Waals surface area contributed by atoms with Crippen molar-refractivity contribution < 1.29 is 14.0 Å². The average Bonchev–Trinajstić information content (AvgIpc) is 2.54. The molecule has 1 aliphatic heterocycles. The molecule has 1 unspecified atom stereocenters. The number of halogens is 1. The van der Waals surface area contributed by atoms with Gasteiger partial charge in [-0.05, 0) is 18.2 Å². The lowest BCUT2D eigenvalue weighted by Gasteiger charge is -2.19. The van der Waals surface area contributed by atoms with E-state index in [1.165, 1.54) is 28.0 Å². The molecule has 1 heterocycles. The Morgan fingerprint density at radius 1 is 1.50 bits per heavy atom. The van der Waals surface area contributed by atoms with Gasteiger partial charge in [0.1, 0.15) is 18.4 Å². The van der Waals surface area contributed by atoms with E-state index < -0.39 is 11.9 Å². The Balaban J connectivity index is 2.34. The largest absolute Gasteiger partial charge is 0.347 e. The van der Waals surface area contributed by atoms with Crippen LogP contribution in [0.15, 0.2) is 18.2 Å². The predicted octanol–water partition coefficient (Wildman–Crippen LogP) is 0.260. The molecule has 0 aromatic heterocycles. The van der Waals surface area contributed by atoms with Crippen LogP contribution >= 0.6 is 0 Å². The maximum absolute atomic E-state index is 13.1. The maximum Gasteiger partial charge on any atom is 0.249 e. The van der Waals surface area contributed by atoms with Crippen LogP contribution in [0.3, 0.4) is 0 Å². The number of hydrogen-bond acceptors (Lipinski definition) is 3. The summed E-state index contributed by atoms with van der Waals surface area (Å²) in [7, 11) is 3.21. The van der Waals surface area contributed by atoms with Crippen molar-refractivity contribution in [3.63, 3.8) is 0 Å². The summed E-state index contributed by atoms with van der Waals surface area (Å²) in [6, 6.07) is 3.05. The van der Waals surface area contributed by atoms with Crippen molar-refractivity contribution in [3.8, 4) is 0 Å². The van der Waals surface area contributed by atoms with Gasteiger partial charge >= 0.3 is 0 Å². The Kier molecular flexibility index (Phi) is 3.04. The van der Waals surface area contributed by atoms with E-state index in [-0.39, 0.29) is 18.4 Å². The second-order valence-corrected chi connectivity index (χ2v) is 4.39. The van der Waals surface area contributed by atoms with E-state index in [1.807, 2.05) is 0 Å². The monoisotopic (exact) mass is 251 g/mol. The molecule has 1 aromatic carbocycles. The van der Waals surface area contributed by atoms with E-state index in [0.29, 0.717) is 11.3 Å². The Morgan fingerprint density at radius 3 is 2.78 bits per heavy atom. The number of carbonyl (C=O) groups excluding carboxylic acids is 2. The van der Waals surface area contributed by atoms with Crippen LogP contribution in [0.5, 0.6) is 0 Å². The number of nitrogens with zero attached hydrogens (tertiary/aromatic N) is 2. The van der Waals surface area contributed by atoms with Crippen molar-refractivity contribution in [2.75, 3.05) is 25.5 Å². The highest BCUT2D eigenvalue weighted by Gasteiger charge is 2.36. The van der Waals surface area contributed by atoms with Crippen LogP contribution in [0.1, 0.15) is 11.6 Å². The van der Waals surface area contributed by atoms with Crippen molar-refractivity contribution in [2.24, 2.45) is 5.73 Å². The molecule has 2 amide bonds. The van der Waals surface area contributed by atoms with E-state index in [1.54, 1.807) is 14.1 Å². The zero-order valence-corrected chi connectivity index (χ0v) is 10.2. The first-order chi connectivity index (χ1) is 8.41. The Bertz CT molecular complexity index is 516. The average molecular weight is 251 g/mol. The number of nitrogens with two attached hydrogens (primary N) is 1. The van der Waals surface area contributed by atoms with Gasteiger partial charge in [-0.2, -0.15) is 0 Å². The van der Waals surface area contributed by atoms with Crippen LogP contribution in [-0.4, -0.2) is 37.4 Å². The summed E-state index contributed by atoms with van der Waals surface area (Å²) < 4.78 is 13.1. The number of carbonyl (C=O) groups is 2. The van der Waals surface area contributed by atoms with Gasteiger partial charge in [-0.15, -0.1) is 0 Å². The lowest BCUT2D eigenvalue weighted by Crippen LogP contribution is -2.40. The van der Waals surface area contributed by atoms with Gasteiger partial charge in [-0.3, -0.25) is 9.59 Å². The van der Waals surface area contributed by atoms with Crippen molar-refractivity contribution in [1.82, 2.24) is 4.90 Å². The van der Waals surface area contributed by atoms with Gasteiger partial charge in [-0.1, -0.05) is 0 Å². The molecule has 6 heteroatoms. The molecule has 1 atom stereocenters. The third-order valence-corrected chi connectivity index (χ3v) is 2.94. The van der Waals surface area contributed by atoms with Crippen LogP contribution in [-0.2, 0) is 9.59 Å². The fourth-order valence-corrected chi connectivity index (χ4v) is 1.88. The van der Waals surface area contributed by atoms with Gasteiger partial charge in [0.25, 0.3) is 0 Å². The van der Waals surface area contributed by atoms with E-state index >= 15 is 0 Å². The van der Waals surface area contributed by atoms with Crippen molar-refractivity contribution in [2.45, 2.75) is 6.04 Å². The summed E-state index contributed by atoms with van der Waals surface area (Å²) in [4.78, 5) is 26.3. The van der Waals surface area contributed by atoms with E-state index in [9.17, 15) is 14.0 Å². The van der Waals surface area contributed by atoms with Gasteiger partial charge in [0.2, 0.25) is 11.8 Å². The molecule has 2 N–H and O–H groups in total. The molecule has 1 aromatic rings. The van der Waals surface area contributed by atoms with Crippen LogP contribution in [0.2, 0.25) is 0 Å². The normalized spacial score (nSPS) is 17.9. The van der Waals surface area contributed by atoms with Gasteiger partial charge in [0, 0.05) is 25.3 Å². The molecule has 18 heavy (non-hydrogen) atoms. The highest BCUT2D eigenvalue weighted by molar-refractivity contribution is 6.07. The zero-order chi connectivity index (χ0) is 13.4. The minimum Gasteiger partial charge on any atom is -0.347 e. The molecule has 96 valence electrons. The molecule has 0 saturated carbocycles. The summed E-state index contributed by atoms with van der Waals surface area (Å²) in [5, 5.41) is 0. The molecule has 0 saturated heterocycles. The van der Waals surface area contributed by atoms with Crippen LogP contribution < -0.4 is 10.6 Å². The number of hydrogen-bond donors (Lipinski definition) is 1. The third-order valence-electron chi connectivity index (χ3n) is 2.94. The van der Waals surface area contributed by atoms with Crippen LogP contribution in [0.4, 0.5) is 10.1 Å². The smallest absolute Gasteiger partial charge is 0.249 e. The molecule has 0 fully saturated rings. The molecular formula is C12H14FN3O2. The minimum atomic E-state index is -0.898. The summed E-state index contributed by atoms with van der Waals surface area (Å²) >= 11 is 0. The Morgan fingerprint density at radius 2 is 2.17 bits per heavy atom. The summed E-state index contributed by atoms with van der Waals surface area (Å²) in [6.07, 6.45) is 0. The minimum absolute atomic E-state index is 0.0852. The summed E-state index contributed by atoms with van der Waals surface area (Å²) in [5.41, 5.74) is 6.64. The predicted molar refractivity (Wildman–Crippen MR) is 64.4 cm³/mol. The number of fused-ring (bicyclic) bond motifs is 1. The van der Waals surface area contributed by atoms with Gasteiger partial charge in [-0.25, -0.2) is 4.39 Å². The molecule has 2 rings (SSSR count). The first-order valence-electron chi connectivity index (χ1n) is 5.48. The number of anilines is 1. The van der Waals surface area contributed by atoms with Crippen molar-refractivity contribution >= 4 is 17.5 Å². The second kappa shape index (κ2) is 4.38. The number of amides is 2. The van der Waals surface area contributed by atoms with Gasteiger partial charge < -0.3 is 15.5 Å². The van der Waals surface area contributed by atoms with E-state index in [4.69, 9.17) is 5.73 Å². The summed E-state index contributed by atoms with van der Waals surface area (Å²) in [5.74, 6) is -1.05. The molecular weight excluding hydrogens is 237 g/mol.